The highest BCUT2D eigenvalue weighted by atomic mass is 35.5. The fourth-order valence-electron chi connectivity index (χ4n) is 3.23. The molecular formula is C22H14Cl2F3NO4S2. The maximum atomic E-state index is 12.8. The van der Waals surface area contributed by atoms with Gasteiger partial charge in [0.2, 0.25) is 10.0 Å². The van der Waals surface area contributed by atoms with E-state index in [1.807, 2.05) is 11.4 Å². The standard InChI is InChI=1S/C22H14Cl2F3NO4S2/c1-34(29,30)28(20-7-13-5-6-33-21(13)12-19(20)24)15-8-14(23)9-18(10-15)31-16-3-2-4-17(11-16)32-22(25,26)27/h2-12H,1H3. The van der Waals surface area contributed by atoms with Gasteiger partial charge >= 0.3 is 6.36 Å². The molecule has 4 rings (SSSR count). The Morgan fingerprint density at radius 1 is 0.941 bits per heavy atom. The van der Waals surface area contributed by atoms with Crippen molar-refractivity contribution in [1.29, 1.82) is 0 Å². The highest BCUT2D eigenvalue weighted by Gasteiger charge is 2.31. The third-order valence-corrected chi connectivity index (χ3v) is 6.91. The van der Waals surface area contributed by atoms with E-state index in [0.29, 0.717) is 0 Å². The Morgan fingerprint density at radius 3 is 2.38 bits per heavy atom. The fourth-order valence-corrected chi connectivity index (χ4v) is 5.62. The topological polar surface area (TPSA) is 55.8 Å². The van der Waals surface area contributed by atoms with Gasteiger partial charge in [0.05, 0.1) is 22.7 Å². The lowest BCUT2D eigenvalue weighted by molar-refractivity contribution is -0.274. The van der Waals surface area contributed by atoms with Crippen LogP contribution >= 0.6 is 34.5 Å². The molecule has 1 heterocycles. The average Bonchev–Trinajstić information content (AvgIpc) is 3.13. The van der Waals surface area contributed by atoms with E-state index in [1.165, 1.54) is 41.7 Å². The first-order chi connectivity index (χ1) is 15.9. The number of sulfonamides is 1. The second kappa shape index (κ2) is 9.18. The van der Waals surface area contributed by atoms with Gasteiger partial charge in [0, 0.05) is 21.9 Å². The summed E-state index contributed by atoms with van der Waals surface area (Å²) in [4.78, 5) is 0. The Morgan fingerprint density at radius 2 is 1.68 bits per heavy atom. The van der Waals surface area contributed by atoms with Crippen molar-refractivity contribution in [2.75, 3.05) is 10.6 Å². The molecule has 0 saturated heterocycles. The molecule has 0 atom stereocenters. The van der Waals surface area contributed by atoms with Crippen LogP contribution in [0.5, 0.6) is 17.2 Å². The number of rotatable bonds is 6. The molecule has 0 radical (unpaired) electrons. The quantitative estimate of drug-likeness (QED) is 0.245. The second-order valence-electron chi connectivity index (χ2n) is 7.06. The first-order valence-electron chi connectivity index (χ1n) is 9.40. The molecule has 0 aliphatic carbocycles. The third-order valence-electron chi connectivity index (χ3n) is 4.44. The Labute approximate surface area is 206 Å². The predicted molar refractivity (Wildman–Crippen MR) is 128 cm³/mol. The van der Waals surface area contributed by atoms with Crippen molar-refractivity contribution >= 4 is 66.0 Å². The number of benzene rings is 3. The molecule has 0 bridgehead atoms. The van der Waals surface area contributed by atoms with Gasteiger partial charge in [-0.3, -0.25) is 0 Å². The van der Waals surface area contributed by atoms with E-state index in [4.69, 9.17) is 27.9 Å². The van der Waals surface area contributed by atoms with Crippen LogP contribution in [-0.2, 0) is 10.0 Å². The number of anilines is 2. The Hall–Kier alpha value is -2.66. The summed E-state index contributed by atoms with van der Waals surface area (Å²) < 4.78 is 74.6. The summed E-state index contributed by atoms with van der Waals surface area (Å²) in [6, 6.07) is 14.2. The van der Waals surface area contributed by atoms with Gasteiger partial charge in [-0.15, -0.1) is 24.5 Å². The van der Waals surface area contributed by atoms with E-state index in [1.54, 1.807) is 12.1 Å². The van der Waals surface area contributed by atoms with Gasteiger partial charge in [-0.1, -0.05) is 29.3 Å². The number of fused-ring (bicyclic) bond motifs is 1. The molecule has 34 heavy (non-hydrogen) atoms. The molecule has 0 unspecified atom stereocenters. The SMILES string of the molecule is CS(=O)(=O)N(c1cc(Cl)cc(Oc2cccc(OC(F)(F)F)c2)c1)c1cc2ccsc2cc1Cl. The number of ether oxygens (including phenoxy) is 2. The molecule has 1 aromatic heterocycles. The van der Waals surface area contributed by atoms with Crippen molar-refractivity contribution in [2.45, 2.75) is 6.36 Å². The molecule has 5 nitrogen and oxygen atoms in total. The summed E-state index contributed by atoms with van der Waals surface area (Å²) in [5, 5.41) is 3.01. The van der Waals surface area contributed by atoms with Crippen molar-refractivity contribution in [3.8, 4) is 17.2 Å². The Balaban J connectivity index is 1.75. The zero-order valence-electron chi connectivity index (χ0n) is 17.1. The molecule has 0 N–H and O–H groups in total. The van der Waals surface area contributed by atoms with Crippen LogP contribution < -0.4 is 13.8 Å². The predicted octanol–water partition coefficient (Wildman–Crippen LogP) is 8.00. The zero-order valence-corrected chi connectivity index (χ0v) is 20.3. The van der Waals surface area contributed by atoms with Gasteiger partial charge < -0.3 is 9.47 Å². The number of thiophene rings is 1. The fraction of sp³-hybridized carbons (Fsp3) is 0.0909. The first-order valence-corrected chi connectivity index (χ1v) is 12.9. The van der Waals surface area contributed by atoms with Crippen LogP contribution in [0.2, 0.25) is 10.0 Å². The van der Waals surface area contributed by atoms with E-state index in [9.17, 15) is 21.6 Å². The van der Waals surface area contributed by atoms with E-state index in [0.717, 1.165) is 32.8 Å². The lowest BCUT2D eigenvalue weighted by Crippen LogP contribution is -2.25. The van der Waals surface area contributed by atoms with Crippen molar-refractivity contribution in [3.63, 3.8) is 0 Å². The average molecular weight is 548 g/mol. The summed E-state index contributed by atoms with van der Waals surface area (Å²) in [7, 11) is -3.89. The van der Waals surface area contributed by atoms with Crippen LogP contribution in [0.1, 0.15) is 0 Å². The van der Waals surface area contributed by atoms with Crippen molar-refractivity contribution in [1.82, 2.24) is 0 Å². The monoisotopic (exact) mass is 547 g/mol. The van der Waals surface area contributed by atoms with Gasteiger partial charge in [0.1, 0.15) is 17.2 Å². The Kier molecular flexibility index (Phi) is 6.61. The smallest absolute Gasteiger partial charge is 0.457 e. The minimum Gasteiger partial charge on any atom is -0.457 e. The van der Waals surface area contributed by atoms with Crippen molar-refractivity contribution in [3.05, 3.63) is 76.1 Å². The normalized spacial score (nSPS) is 12.1. The second-order valence-corrected chi connectivity index (χ2v) is 10.7. The van der Waals surface area contributed by atoms with Gasteiger partial charge in [0.15, 0.2) is 0 Å². The van der Waals surface area contributed by atoms with Gasteiger partial charge in [-0.05, 0) is 53.2 Å². The van der Waals surface area contributed by atoms with Gasteiger partial charge in [-0.25, -0.2) is 12.7 Å². The van der Waals surface area contributed by atoms with Crippen LogP contribution in [-0.4, -0.2) is 21.0 Å². The minimum atomic E-state index is -4.86. The van der Waals surface area contributed by atoms with E-state index < -0.39 is 22.1 Å². The summed E-state index contributed by atoms with van der Waals surface area (Å²) >= 11 is 14.1. The lowest BCUT2D eigenvalue weighted by atomic mass is 10.2. The molecule has 0 aliphatic heterocycles. The molecule has 4 aromatic rings. The maximum absolute atomic E-state index is 12.8. The summed E-state index contributed by atoms with van der Waals surface area (Å²) in [5.41, 5.74) is 0.341. The van der Waals surface area contributed by atoms with Crippen molar-refractivity contribution < 1.29 is 31.1 Å². The molecule has 0 amide bonds. The van der Waals surface area contributed by atoms with Crippen LogP contribution in [0.4, 0.5) is 24.5 Å². The highest BCUT2D eigenvalue weighted by molar-refractivity contribution is 7.92. The lowest BCUT2D eigenvalue weighted by Gasteiger charge is -2.24. The molecule has 0 aliphatic rings. The Bertz CT molecular complexity index is 1470. The largest absolute Gasteiger partial charge is 0.573 e. The molecule has 0 saturated carbocycles. The van der Waals surface area contributed by atoms with E-state index in [2.05, 4.69) is 4.74 Å². The summed E-state index contributed by atoms with van der Waals surface area (Å²) in [6.45, 7) is 0. The molecule has 178 valence electrons. The minimum absolute atomic E-state index is 0.0265. The molecule has 0 spiro atoms. The molecule has 3 aromatic carbocycles. The van der Waals surface area contributed by atoms with Crippen molar-refractivity contribution in [2.24, 2.45) is 0 Å². The maximum Gasteiger partial charge on any atom is 0.573 e. The highest BCUT2D eigenvalue weighted by Crippen LogP contribution is 2.41. The van der Waals surface area contributed by atoms with Crippen LogP contribution in [0.25, 0.3) is 10.1 Å². The number of hydrogen-bond donors (Lipinski definition) is 0. The number of hydrogen-bond acceptors (Lipinski definition) is 5. The molecular weight excluding hydrogens is 534 g/mol. The van der Waals surface area contributed by atoms with Gasteiger partial charge in [-0.2, -0.15) is 0 Å². The molecule has 12 heteroatoms. The summed E-state index contributed by atoms with van der Waals surface area (Å²) in [6.07, 6.45) is -3.85. The number of nitrogens with zero attached hydrogens (tertiary/aromatic N) is 1. The van der Waals surface area contributed by atoms with Crippen LogP contribution in [0.15, 0.2) is 66.0 Å². The number of halogens is 5. The zero-order chi connectivity index (χ0) is 24.7. The molecule has 0 fully saturated rings. The van der Waals surface area contributed by atoms with Crippen LogP contribution in [0, 0.1) is 0 Å². The van der Waals surface area contributed by atoms with E-state index in [-0.39, 0.29) is 32.9 Å². The third kappa shape index (κ3) is 5.69. The summed E-state index contributed by atoms with van der Waals surface area (Å²) in [5.74, 6) is -0.354. The van der Waals surface area contributed by atoms with Gasteiger partial charge in [0.25, 0.3) is 0 Å². The number of alkyl halides is 3. The van der Waals surface area contributed by atoms with E-state index >= 15 is 0 Å². The first kappa shape index (κ1) is 24.5. The van der Waals surface area contributed by atoms with Crippen LogP contribution in [0.3, 0.4) is 0 Å².